The summed E-state index contributed by atoms with van der Waals surface area (Å²) in [6.45, 7) is 3.47. The van der Waals surface area contributed by atoms with Gasteiger partial charge in [-0.3, -0.25) is 14.9 Å². The molecule has 6 nitrogen and oxygen atoms in total. The molecule has 0 radical (unpaired) electrons. The van der Waals surface area contributed by atoms with E-state index in [1.165, 1.54) is 12.1 Å². The van der Waals surface area contributed by atoms with E-state index in [1.54, 1.807) is 12.1 Å². The zero-order chi connectivity index (χ0) is 15.6. The number of nitrogens with one attached hydrogen (secondary N) is 1. The predicted octanol–water partition coefficient (Wildman–Crippen LogP) is 0.847. The van der Waals surface area contributed by atoms with Crippen molar-refractivity contribution in [1.29, 1.82) is 0 Å². The van der Waals surface area contributed by atoms with Crippen molar-refractivity contribution in [2.24, 2.45) is 0 Å². The summed E-state index contributed by atoms with van der Waals surface area (Å²) in [7, 11) is -3.83. The highest BCUT2D eigenvalue weighted by Crippen LogP contribution is 2.22. The number of hydrogen-bond donors (Lipinski definition) is 1. The first-order chi connectivity index (χ1) is 9.84. The van der Waals surface area contributed by atoms with Crippen LogP contribution in [0.1, 0.15) is 31.7 Å². The van der Waals surface area contributed by atoms with Crippen LogP contribution in [0, 0.1) is 0 Å². The Morgan fingerprint density at radius 3 is 2.14 bits per heavy atom. The highest BCUT2D eigenvalue weighted by atomic mass is 32.2. The van der Waals surface area contributed by atoms with E-state index >= 15 is 0 Å². The van der Waals surface area contributed by atoms with Crippen molar-refractivity contribution >= 4 is 21.8 Å². The summed E-state index contributed by atoms with van der Waals surface area (Å²) in [5.74, 6) is -0.860. The van der Waals surface area contributed by atoms with E-state index in [0.29, 0.717) is 5.92 Å². The summed E-state index contributed by atoms with van der Waals surface area (Å²) in [6.07, 6.45) is 0.965. The van der Waals surface area contributed by atoms with Gasteiger partial charge in [-0.05, 0) is 30.0 Å². The van der Waals surface area contributed by atoms with Gasteiger partial charge in [0.15, 0.2) is 0 Å². The van der Waals surface area contributed by atoms with Crippen molar-refractivity contribution in [2.45, 2.75) is 31.1 Å². The molecule has 1 fully saturated rings. The molecular weight excluding hydrogens is 292 g/mol. The van der Waals surface area contributed by atoms with Gasteiger partial charge < -0.3 is 0 Å². The van der Waals surface area contributed by atoms with Crippen LogP contribution < -0.4 is 5.32 Å². The van der Waals surface area contributed by atoms with Gasteiger partial charge in [0.25, 0.3) is 0 Å². The number of benzene rings is 1. The summed E-state index contributed by atoms with van der Waals surface area (Å²) < 4.78 is 25.7. The van der Waals surface area contributed by atoms with E-state index in [2.05, 4.69) is 19.2 Å². The zero-order valence-corrected chi connectivity index (χ0v) is 12.8. The lowest BCUT2D eigenvalue weighted by molar-refractivity contribution is -0.134. The maximum absolute atomic E-state index is 12.4. The molecule has 2 amide bonds. The number of sulfonamides is 1. The van der Waals surface area contributed by atoms with Crippen molar-refractivity contribution in [2.75, 3.05) is 13.1 Å². The minimum Gasteiger partial charge on any atom is -0.294 e. The van der Waals surface area contributed by atoms with Gasteiger partial charge >= 0.3 is 0 Å². The Kier molecular flexibility index (Phi) is 4.43. The Hall–Kier alpha value is -1.73. The van der Waals surface area contributed by atoms with Crippen LogP contribution in [0.3, 0.4) is 0 Å². The summed E-state index contributed by atoms with van der Waals surface area (Å²) in [6, 6.07) is 6.58. The Labute approximate surface area is 124 Å². The highest BCUT2D eigenvalue weighted by molar-refractivity contribution is 7.89. The van der Waals surface area contributed by atoms with Crippen molar-refractivity contribution in [3.8, 4) is 0 Å². The maximum atomic E-state index is 12.4. The minimum absolute atomic E-state index is 0.0945. The highest BCUT2D eigenvalue weighted by Gasteiger charge is 2.32. The predicted molar refractivity (Wildman–Crippen MR) is 77.1 cm³/mol. The zero-order valence-electron chi connectivity index (χ0n) is 12.0. The molecule has 1 aromatic rings. The van der Waals surface area contributed by atoms with Gasteiger partial charge in [0.1, 0.15) is 0 Å². The van der Waals surface area contributed by atoms with Crippen LogP contribution in [-0.4, -0.2) is 37.6 Å². The molecule has 1 heterocycles. The second-order valence-electron chi connectivity index (χ2n) is 5.12. The van der Waals surface area contributed by atoms with E-state index in [-0.39, 0.29) is 18.0 Å². The number of imide groups is 1. The van der Waals surface area contributed by atoms with Crippen LogP contribution in [0.25, 0.3) is 0 Å². The molecule has 1 saturated heterocycles. The molecule has 1 aliphatic heterocycles. The normalized spacial score (nSPS) is 18.4. The van der Waals surface area contributed by atoms with Gasteiger partial charge in [0.2, 0.25) is 21.8 Å². The average molecular weight is 310 g/mol. The molecule has 1 aliphatic rings. The molecule has 7 heteroatoms. The van der Waals surface area contributed by atoms with Crippen LogP contribution in [0.2, 0.25) is 0 Å². The number of amides is 2. The topological polar surface area (TPSA) is 83.6 Å². The van der Waals surface area contributed by atoms with Gasteiger partial charge in [-0.1, -0.05) is 26.0 Å². The van der Waals surface area contributed by atoms with Crippen molar-refractivity contribution in [3.63, 3.8) is 0 Å². The minimum atomic E-state index is -3.83. The molecule has 1 unspecified atom stereocenters. The van der Waals surface area contributed by atoms with Gasteiger partial charge in [0, 0.05) is 0 Å². The molecular formula is C14H18N2O4S. The number of carbonyl (C=O) groups is 2. The molecule has 2 rings (SSSR count). The second-order valence-corrected chi connectivity index (χ2v) is 7.06. The van der Waals surface area contributed by atoms with Crippen LogP contribution in [0.15, 0.2) is 29.2 Å². The first-order valence-electron chi connectivity index (χ1n) is 6.77. The van der Waals surface area contributed by atoms with E-state index in [0.717, 1.165) is 16.3 Å². The first-order valence-corrected chi connectivity index (χ1v) is 8.21. The third kappa shape index (κ3) is 3.30. The van der Waals surface area contributed by atoms with Gasteiger partial charge in [-0.2, -0.15) is 4.31 Å². The third-order valence-electron chi connectivity index (χ3n) is 3.62. The third-order valence-corrected chi connectivity index (χ3v) is 5.42. The molecule has 0 bridgehead atoms. The Bertz CT molecular complexity index is 636. The van der Waals surface area contributed by atoms with Crippen LogP contribution >= 0.6 is 0 Å². The lowest BCUT2D eigenvalue weighted by Crippen LogP contribution is -2.53. The van der Waals surface area contributed by atoms with Crippen LogP contribution in [-0.2, 0) is 19.6 Å². The maximum Gasteiger partial charge on any atom is 0.244 e. The summed E-state index contributed by atoms with van der Waals surface area (Å²) in [4.78, 5) is 22.7. The van der Waals surface area contributed by atoms with Crippen LogP contribution in [0.5, 0.6) is 0 Å². The fourth-order valence-corrected chi connectivity index (χ4v) is 3.49. The summed E-state index contributed by atoms with van der Waals surface area (Å²) in [5, 5.41) is 2.08. The Morgan fingerprint density at radius 1 is 1.14 bits per heavy atom. The van der Waals surface area contributed by atoms with Gasteiger partial charge in [-0.25, -0.2) is 8.42 Å². The number of hydrogen-bond acceptors (Lipinski definition) is 4. The molecule has 21 heavy (non-hydrogen) atoms. The molecule has 0 spiro atoms. The molecule has 1 N–H and O–H groups in total. The van der Waals surface area contributed by atoms with E-state index in [4.69, 9.17) is 0 Å². The van der Waals surface area contributed by atoms with E-state index < -0.39 is 21.8 Å². The van der Waals surface area contributed by atoms with Crippen molar-refractivity contribution in [3.05, 3.63) is 29.8 Å². The SMILES string of the molecule is CCC(C)c1ccc(S(=O)(=O)N2CC(=O)NC(=O)C2)cc1. The fourth-order valence-electron chi connectivity index (χ4n) is 2.13. The second kappa shape index (κ2) is 5.95. The number of rotatable bonds is 4. The molecule has 1 atom stereocenters. The van der Waals surface area contributed by atoms with Gasteiger partial charge in [0.05, 0.1) is 18.0 Å². The largest absolute Gasteiger partial charge is 0.294 e. The lowest BCUT2D eigenvalue weighted by Gasteiger charge is -2.24. The number of nitrogens with zero attached hydrogens (tertiary/aromatic N) is 1. The first kappa shape index (κ1) is 15.7. The summed E-state index contributed by atoms with van der Waals surface area (Å²) in [5.41, 5.74) is 1.06. The molecule has 1 aromatic carbocycles. The van der Waals surface area contributed by atoms with Crippen molar-refractivity contribution in [1.82, 2.24) is 9.62 Å². The van der Waals surface area contributed by atoms with E-state index in [9.17, 15) is 18.0 Å². The standard InChI is InChI=1S/C14H18N2O4S/c1-3-10(2)11-4-6-12(7-5-11)21(19,20)16-8-13(17)15-14(18)9-16/h4-7,10H,3,8-9H2,1-2H3,(H,15,17,18). The Morgan fingerprint density at radius 2 is 1.67 bits per heavy atom. The van der Waals surface area contributed by atoms with Gasteiger partial charge in [-0.15, -0.1) is 0 Å². The monoisotopic (exact) mass is 310 g/mol. The molecule has 0 saturated carbocycles. The molecule has 0 aliphatic carbocycles. The average Bonchev–Trinajstić information content (AvgIpc) is 2.45. The Balaban J connectivity index is 2.27. The molecule has 0 aromatic heterocycles. The summed E-state index contributed by atoms with van der Waals surface area (Å²) >= 11 is 0. The quantitative estimate of drug-likeness (QED) is 0.836. The molecule has 114 valence electrons. The lowest BCUT2D eigenvalue weighted by atomic mass is 9.99. The van der Waals surface area contributed by atoms with E-state index in [1.807, 2.05) is 0 Å². The van der Waals surface area contributed by atoms with Crippen molar-refractivity contribution < 1.29 is 18.0 Å². The number of piperazine rings is 1. The number of carbonyl (C=O) groups excluding carboxylic acids is 2. The fraction of sp³-hybridized carbons (Fsp3) is 0.429. The van der Waals surface area contributed by atoms with Crippen LogP contribution in [0.4, 0.5) is 0 Å². The smallest absolute Gasteiger partial charge is 0.244 e.